The molecule has 2 fully saturated rings. The molecule has 1 aromatic heterocycles. The summed E-state index contributed by atoms with van der Waals surface area (Å²) in [6.45, 7) is 4.63. The first-order valence-electron chi connectivity index (χ1n) is 7.47. The zero-order valence-corrected chi connectivity index (χ0v) is 12.7. The smallest absolute Gasteiger partial charge is 0.241 e. The molecule has 0 aliphatic carbocycles. The van der Waals surface area contributed by atoms with Gasteiger partial charge in [0.1, 0.15) is 6.17 Å². The average Bonchev–Trinajstić information content (AvgIpc) is 3.18. The van der Waals surface area contributed by atoms with E-state index >= 15 is 0 Å². The average molecular weight is 294 g/mol. The lowest BCUT2D eigenvalue weighted by atomic mass is 10.0. The molecule has 20 heavy (non-hydrogen) atoms. The van der Waals surface area contributed by atoms with E-state index in [1.807, 2.05) is 4.90 Å². The van der Waals surface area contributed by atoms with Gasteiger partial charge in [0, 0.05) is 24.6 Å². The van der Waals surface area contributed by atoms with E-state index in [4.69, 9.17) is 4.74 Å². The molecule has 0 spiro atoms. The minimum Gasteiger partial charge on any atom is -0.381 e. The van der Waals surface area contributed by atoms with Crippen LogP contribution >= 0.6 is 11.3 Å². The molecule has 0 bridgehead atoms. The molecule has 2 aliphatic heterocycles. The van der Waals surface area contributed by atoms with Gasteiger partial charge in [0.2, 0.25) is 5.91 Å². The topological polar surface area (TPSA) is 41.6 Å². The Morgan fingerprint density at radius 2 is 2.45 bits per heavy atom. The van der Waals surface area contributed by atoms with Crippen molar-refractivity contribution in [1.82, 2.24) is 10.2 Å². The number of nitrogens with one attached hydrogen (secondary N) is 1. The second kappa shape index (κ2) is 6.24. The Kier molecular flexibility index (Phi) is 4.38. The summed E-state index contributed by atoms with van der Waals surface area (Å²) in [4.78, 5) is 15.7. The Hall–Kier alpha value is -0.910. The van der Waals surface area contributed by atoms with E-state index < -0.39 is 0 Å². The molecule has 1 N–H and O–H groups in total. The number of carbonyl (C=O) groups excluding carboxylic acids is 1. The highest BCUT2D eigenvalue weighted by Gasteiger charge is 2.39. The van der Waals surface area contributed by atoms with Crippen molar-refractivity contribution in [3.63, 3.8) is 0 Å². The van der Waals surface area contributed by atoms with Crippen LogP contribution in [-0.2, 0) is 9.53 Å². The number of nitrogens with zero attached hydrogens (tertiary/aromatic N) is 1. The Bertz CT molecular complexity index is 443. The first kappa shape index (κ1) is 14.0. The third-order valence-electron chi connectivity index (χ3n) is 4.28. The fraction of sp³-hybridized carbons (Fsp3) is 0.667. The van der Waals surface area contributed by atoms with Gasteiger partial charge < -0.3 is 9.64 Å². The van der Waals surface area contributed by atoms with Crippen LogP contribution < -0.4 is 5.32 Å². The van der Waals surface area contributed by atoms with Gasteiger partial charge in [0.15, 0.2) is 0 Å². The highest BCUT2D eigenvalue weighted by molar-refractivity contribution is 7.10. The second-order valence-corrected chi connectivity index (χ2v) is 6.57. The van der Waals surface area contributed by atoms with Crippen molar-refractivity contribution < 1.29 is 9.53 Å². The van der Waals surface area contributed by atoms with Gasteiger partial charge in [-0.2, -0.15) is 0 Å². The van der Waals surface area contributed by atoms with E-state index in [0.717, 1.165) is 39.0 Å². The number of ether oxygens (including phenoxy) is 1. The number of thiophene rings is 1. The van der Waals surface area contributed by atoms with Gasteiger partial charge in [-0.15, -0.1) is 11.3 Å². The molecule has 2 saturated heterocycles. The van der Waals surface area contributed by atoms with E-state index in [0.29, 0.717) is 5.92 Å². The summed E-state index contributed by atoms with van der Waals surface area (Å²) >= 11 is 1.72. The Labute approximate surface area is 124 Å². The lowest BCUT2D eigenvalue weighted by Gasteiger charge is -2.24. The molecule has 0 aromatic carbocycles. The summed E-state index contributed by atoms with van der Waals surface area (Å²) in [6.07, 6.45) is 3.10. The zero-order valence-electron chi connectivity index (χ0n) is 11.9. The van der Waals surface area contributed by atoms with E-state index in [2.05, 4.69) is 29.8 Å². The number of hydrogen-bond acceptors (Lipinski definition) is 4. The van der Waals surface area contributed by atoms with Crippen molar-refractivity contribution in [2.75, 3.05) is 19.8 Å². The molecule has 0 saturated carbocycles. The predicted molar refractivity (Wildman–Crippen MR) is 79.5 cm³/mol. The van der Waals surface area contributed by atoms with Crippen molar-refractivity contribution in [3.05, 3.63) is 22.4 Å². The first-order chi connectivity index (χ1) is 9.79. The van der Waals surface area contributed by atoms with Crippen LogP contribution in [-0.4, -0.2) is 36.6 Å². The molecule has 3 atom stereocenters. The number of carbonyl (C=O) groups is 1. The Morgan fingerprint density at radius 3 is 3.10 bits per heavy atom. The van der Waals surface area contributed by atoms with Crippen molar-refractivity contribution in [3.8, 4) is 0 Å². The Morgan fingerprint density at radius 1 is 1.55 bits per heavy atom. The molecule has 5 heteroatoms. The summed E-state index contributed by atoms with van der Waals surface area (Å²) in [5.41, 5.74) is 0. The van der Waals surface area contributed by atoms with E-state index in [1.165, 1.54) is 4.88 Å². The molecule has 3 rings (SSSR count). The van der Waals surface area contributed by atoms with E-state index in [9.17, 15) is 4.79 Å². The maximum atomic E-state index is 12.5. The molecule has 4 nitrogen and oxygen atoms in total. The van der Waals surface area contributed by atoms with Crippen LogP contribution in [0.5, 0.6) is 0 Å². The van der Waals surface area contributed by atoms with Crippen LogP contribution in [0.25, 0.3) is 0 Å². The van der Waals surface area contributed by atoms with Gasteiger partial charge in [-0.25, -0.2) is 0 Å². The molecule has 2 aliphatic rings. The summed E-state index contributed by atoms with van der Waals surface area (Å²) < 4.78 is 5.42. The van der Waals surface area contributed by atoms with Gasteiger partial charge in [0.05, 0.1) is 6.04 Å². The van der Waals surface area contributed by atoms with Gasteiger partial charge in [0.25, 0.3) is 0 Å². The maximum Gasteiger partial charge on any atom is 0.241 e. The van der Waals surface area contributed by atoms with E-state index in [-0.39, 0.29) is 18.1 Å². The second-order valence-electron chi connectivity index (χ2n) is 5.60. The maximum absolute atomic E-state index is 12.5. The van der Waals surface area contributed by atoms with Crippen LogP contribution in [0, 0.1) is 5.92 Å². The molecule has 1 amide bonds. The van der Waals surface area contributed by atoms with Crippen molar-refractivity contribution in [1.29, 1.82) is 0 Å². The monoisotopic (exact) mass is 294 g/mol. The summed E-state index contributed by atoms with van der Waals surface area (Å²) in [5, 5.41) is 5.55. The SMILES string of the molecule is CCC1NC(c2cccs2)N(CCC2CCOC2)C1=O. The Balaban J connectivity index is 1.68. The largest absolute Gasteiger partial charge is 0.381 e. The van der Waals surface area contributed by atoms with Crippen LogP contribution in [0.15, 0.2) is 17.5 Å². The van der Waals surface area contributed by atoms with Crippen molar-refractivity contribution >= 4 is 17.2 Å². The van der Waals surface area contributed by atoms with Crippen molar-refractivity contribution in [2.45, 2.75) is 38.4 Å². The molecule has 1 aromatic rings. The lowest BCUT2D eigenvalue weighted by molar-refractivity contribution is -0.130. The van der Waals surface area contributed by atoms with Crippen LogP contribution in [0.1, 0.15) is 37.2 Å². The number of amides is 1. The van der Waals surface area contributed by atoms with Crippen LogP contribution in [0.3, 0.4) is 0 Å². The van der Waals surface area contributed by atoms with Crippen LogP contribution in [0.2, 0.25) is 0 Å². The quantitative estimate of drug-likeness (QED) is 0.906. The van der Waals surface area contributed by atoms with Gasteiger partial charge in [-0.3, -0.25) is 10.1 Å². The fourth-order valence-electron chi connectivity index (χ4n) is 3.03. The number of hydrogen-bond donors (Lipinski definition) is 1. The van der Waals surface area contributed by atoms with Crippen molar-refractivity contribution in [2.24, 2.45) is 5.92 Å². The normalized spacial score (nSPS) is 30.4. The molecule has 3 heterocycles. The van der Waals surface area contributed by atoms with Gasteiger partial charge in [-0.1, -0.05) is 13.0 Å². The van der Waals surface area contributed by atoms with Crippen LogP contribution in [0.4, 0.5) is 0 Å². The summed E-state index contributed by atoms with van der Waals surface area (Å²) in [7, 11) is 0. The highest BCUT2D eigenvalue weighted by Crippen LogP contribution is 2.30. The molecule has 3 unspecified atom stereocenters. The molecular formula is C15H22N2O2S. The molecule has 0 radical (unpaired) electrons. The van der Waals surface area contributed by atoms with E-state index in [1.54, 1.807) is 11.3 Å². The first-order valence-corrected chi connectivity index (χ1v) is 8.35. The standard InChI is InChI=1S/C15H22N2O2S/c1-2-12-15(18)17(7-5-11-6-8-19-10-11)14(16-12)13-4-3-9-20-13/h3-4,9,11-12,14,16H,2,5-8,10H2,1H3. The third kappa shape index (κ3) is 2.75. The third-order valence-corrected chi connectivity index (χ3v) is 5.20. The summed E-state index contributed by atoms with van der Waals surface area (Å²) in [6, 6.07) is 4.13. The number of rotatable bonds is 5. The van der Waals surface area contributed by atoms with Gasteiger partial charge >= 0.3 is 0 Å². The minimum absolute atomic E-state index is 0.0260. The predicted octanol–water partition coefficient (Wildman–Crippen LogP) is 2.38. The van der Waals surface area contributed by atoms with Gasteiger partial charge in [-0.05, 0) is 36.6 Å². The molecule has 110 valence electrons. The fourth-order valence-corrected chi connectivity index (χ4v) is 3.82. The minimum atomic E-state index is -0.0260. The lowest BCUT2D eigenvalue weighted by Crippen LogP contribution is -2.32. The zero-order chi connectivity index (χ0) is 13.9. The highest BCUT2D eigenvalue weighted by atomic mass is 32.1. The molecular weight excluding hydrogens is 272 g/mol. The summed E-state index contributed by atoms with van der Waals surface area (Å²) in [5.74, 6) is 0.872.